The number of aromatic nitrogens is 3. The van der Waals surface area contributed by atoms with Gasteiger partial charge in [-0.2, -0.15) is 5.10 Å². The average molecular weight is 314 g/mol. The Labute approximate surface area is 131 Å². The van der Waals surface area contributed by atoms with Crippen LogP contribution in [0.4, 0.5) is 10.7 Å². The van der Waals surface area contributed by atoms with Gasteiger partial charge in [-0.3, -0.25) is 4.68 Å². The van der Waals surface area contributed by atoms with E-state index in [4.69, 9.17) is 0 Å². The van der Waals surface area contributed by atoms with Crippen molar-refractivity contribution in [3.63, 3.8) is 0 Å². The van der Waals surface area contributed by atoms with Crippen molar-refractivity contribution in [1.82, 2.24) is 14.8 Å². The number of nitrogens with one attached hydrogen (secondary N) is 1. The second-order valence-corrected chi connectivity index (χ2v) is 6.00. The highest BCUT2D eigenvalue weighted by molar-refractivity contribution is 7.16. The summed E-state index contributed by atoms with van der Waals surface area (Å²) in [7, 11) is 1.87. The standard InChI is InChI=1S/C15H14N4O2S/c1-9-16-13(15(20)21)14(22-9)17-11-5-3-4-10(8-11)12-6-7-19(2)18-12/h3-8,17H,1-2H3,(H,20,21). The zero-order valence-electron chi connectivity index (χ0n) is 12.1. The maximum atomic E-state index is 11.2. The molecule has 0 aliphatic heterocycles. The number of nitrogens with zero attached hydrogens (tertiary/aromatic N) is 3. The van der Waals surface area contributed by atoms with E-state index in [9.17, 15) is 9.90 Å². The molecule has 0 saturated carbocycles. The Kier molecular flexibility index (Phi) is 3.64. The summed E-state index contributed by atoms with van der Waals surface area (Å²) in [5.74, 6) is -1.03. The molecule has 0 amide bonds. The average Bonchev–Trinajstić information content (AvgIpc) is 3.05. The highest BCUT2D eigenvalue weighted by Gasteiger charge is 2.16. The largest absolute Gasteiger partial charge is 0.476 e. The Morgan fingerprint density at radius 1 is 1.36 bits per heavy atom. The van der Waals surface area contributed by atoms with Crippen LogP contribution in [0.1, 0.15) is 15.5 Å². The molecule has 0 unspecified atom stereocenters. The fourth-order valence-electron chi connectivity index (χ4n) is 2.11. The molecule has 112 valence electrons. The van der Waals surface area contributed by atoms with E-state index in [1.807, 2.05) is 43.6 Å². The van der Waals surface area contributed by atoms with E-state index in [1.54, 1.807) is 11.6 Å². The number of hydrogen-bond donors (Lipinski definition) is 2. The molecule has 0 bridgehead atoms. The first-order valence-corrected chi connectivity index (χ1v) is 7.42. The Balaban J connectivity index is 1.92. The molecule has 0 atom stereocenters. The van der Waals surface area contributed by atoms with Gasteiger partial charge in [-0.05, 0) is 25.1 Å². The summed E-state index contributed by atoms with van der Waals surface area (Å²) < 4.78 is 1.74. The Morgan fingerprint density at radius 3 is 2.86 bits per heavy atom. The smallest absolute Gasteiger partial charge is 0.357 e. The number of rotatable bonds is 4. The fourth-order valence-corrected chi connectivity index (χ4v) is 2.94. The van der Waals surface area contributed by atoms with Crippen LogP contribution in [-0.2, 0) is 7.05 Å². The first kappa shape index (κ1) is 14.3. The normalized spacial score (nSPS) is 10.6. The molecule has 3 aromatic rings. The highest BCUT2D eigenvalue weighted by atomic mass is 32.1. The topological polar surface area (TPSA) is 80.0 Å². The van der Waals surface area contributed by atoms with Gasteiger partial charge in [0.15, 0.2) is 5.69 Å². The van der Waals surface area contributed by atoms with Gasteiger partial charge in [0.25, 0.3) is 0 Å². The van der Waals surface area contributed by atoms with Crippen LogP contribution < -0.4 is 5.32 Å². The van der Waals surface area contributed by atoms with E-state index in [-0.39, 0.29) is 5.69 Å². The van der Waals surface area contributed by atoms with Gasteiger partial charge in [-0.25, -0.2) is 9.78 Å². The van der Waals surface area contributed by atoms with Gasteiger partial charge in [0.05, 0.1) is 10.7 Å². The van der Waals surface area contributed by atoms with Crippen molar-refractivity contribution in [1.29, 1.82) is 0 Å². The molecule has 22 heavy (non-hydrogen) atoms. The molecule has 1 aromatic carbocycles. The lowest BCUT2D eigenvalue weighted by Crippen LogP contribution is -2.01. The number of carboxylic acid groups (broad SMARTS) is 1. The summed E-state index contributed by atoms with van der Waals surface area (Å²) >= 11 is 1.32. The minimum atomic E-state index is -1.03. The third-order valence-electron chi connectivity index (χ3n) is 3.07. The number of aryl methyl sites for hydroxylation is 2. The first-order chi connectivity index (χ1) is 10.5. The molecule has 0 spiro atoms. The lowest BCUT2D eigenvalue weighted by atomic mass is 10.1. The summed E-state index contributed by atoms with van der Waals surface area (Å²) in [4.78, 5) is 15.2. The maximum Gasteiger partial charge on any atom is 0.357 e. The Morgan fingerprint density at radius 2 is 2.18 bits per heavy atom. The van der Waals surface area contributed by atoms with Crippen LogP contribution in [0.25, 0.3) is 11.3 Å². The fraction of sp³-hybridized carbons (Fsp3) is 0.133. The summed E-state index contributed by atoms with van der Waals surface area (Å²) in [5.41, 5.74) is 2.67. The summed E-state index contributed by atoms with van der Waals surface area (Å²) in [5, 5.41) is 17.9. The SMILES string of the molecule is Cc1nc(C(=O)O)c(Nc2cccc(-c3ccn(C)n3)c2)s1. The van der Waals surface area contributed by atoms with Crippen molar-refractivity contribution in [3.8, 4) is 11.3 Å². The van der Waals surface area contributed by atoms with Gasteiger partial charge in [-0.1, -0.05) is 12.1 Å². The van der Waals surface area contributed by atoms with E-state index in [1.165, 1.54) is 11.3 Å². The molecular formula is C15H14N4O2S. The van der Waals surface area contributed by atoms with Crippen molar-refractivity contribution < 1.29 is 9.90 Å². The zero-order chi connectivity index (χ0) is 15.7. The van der Waals surface area contributed by atoms with Crippen molar-refractivity contribution in [2.75, 3.05) is 5.32 Å². The van der Waals surface area contributed by atoms with Gasteiger partial charge in [0.2, 0.25) is 0 Å². The molecule has 0 radical (unpaired) electrons. The van der Waals surface area contributed by atoms with E-state index in [0.29, 0.717) is 10.0 Å². The summed E-state index contributed by atoms with van der Waals surface area (Å²) in [6, 6.07) is 9.61. The molecule has 2 aromatic heterocycles. The second-order valence-electron chi connectivity index (χ2n) is 4.80. The molecule has 7 heteroatoms. The molecule has 2 heterocycles. The van der Waals surface area contributed by atoms with Gasteiger partial charge in [0, 0.05) is 24.5 Å². The van der Waals surface area contributed by atoms with Crippen LogP contribution in [-0.4, -0.2) is 25.8 Å². The van der Waals surface area contributed by atoms with Crippen LogP contribution in [0.2, 0.25) is 0 Å². The third kappa shape index (κ3) is 2.84. The van der Waals surface area contributed by atoms with Crippen LogP contribution in [0.5, 0.6) is 0 Å². The molecule has 0 aliphatic carbocycles. The molecule has 0 fully saturated rings. The Hall–Kier alpha value is -2.67. The number of hydrogen-bond acceptors (Lipinski definition) is 5. The number of anilines is 2. The molecule has 2 N–H and O–H groups in total. The Bertz CT molecular complexity index is 838. The zero-order valence-corrected chi connectivity index (χ0v) is 12.9. The van der Waals surface area contributed by atoms with Crippen molar-refractivity contribution >= 4 is 28.0 Å². The van der Waals surface area contributed by atoms with Crippen molar-refractivity contribution in [2.24, 2.45) is 7.05 Å². The quantitative estimate of drug-likeness (QED) is 0.772. The van der Waals surface area contributed by atoms with E-state index in [2.05, 4.69) is 15.4 Å². The highest BCUT2D eigenvalue weighted by Crippen LogP contribution is 2.29. The summed E-state index contributed by atoms with van der Waals surface area (Å²) in [6.07, 6.45) is 1.88. The van der Waals surface area contributed by atoms with Gasteiger partial charge in [0.1, 0.15) is 5.00 Å². The van der Waals surface area contributed by atoms with Crippen molar-refractivity contribution in [3.05, 3.63) is 47.2 Å². The van der Waals surface area contributed by atoms with Crippen molar-refractivity contribution in [2.45, 2.75) is 6.92 Å². The van der Waals surface area contributed by atoms with Crippen LogP contribution >= 0.6 is 11.3 Å². The molecular weight excluding hydrogens is 300 g/mol. The minimum absolute atomic E-state index is 0.0470. The monoisotopic (exact) mass is 314 g/mol. The maximum absolute atomic E-state index is 11.2. The number of carboxylic acids is 1. The number of aromatic carboxylic acids is 1. The van der Waals surface area contributed by atoms with E-state index in [0.717, 1.165) is 16.9 Å². The van der Waals surface area contributed by atoms with E-state index < -0.39 is 5.97 Å². The van der Waals surface area contributed by atoms with Crippen LogP contribution in [0, 0.1) is 6.92 Å². The lowest BCUT2D eigenvalue weighted by Gasteiger charge is -2.06. The van der Waals surface area contributed by atoms with Gasteiger partial charge < -0.3 is 10.4 Å². The van der Waals surface area contributed by atoms with Gasteiger partial charge >= 0.3 is 5.97 Å². The van der Waals surface area contributed by atoms with Gasteiger partial charge in [-0.15, -0.1) is 11.3 Å². The molecule has 6 nitrogen and oxygen atoms in total. The molecule has 3 rings (SSSR count). The number of carbonyl (C=O) groups is 1. The second kappa shape index (κ2) is 5.61. The van der Waals surface area contributed by atoms with E-state index >= 15 is 0 Å². The first-order valence-electron chi connectivity index (χ1n) is 6.61. The lowest BCUT2D eigenvalue weighted by molar-refractivity contribution is 0.0692. The van der Waals surface area contributed by atoms with Crippen LogP contribution in [0.3, 0.4) is 0 Å². The predicted octanol–water partition coefficient (Wildman–Crippen LogP) is 3.29. The predicted molar refractivity (Wildman–Crippen MR) is 85.7 cm³/mol. The third-order valence-corrected chi connectivity index (χ3v) is 3.95. The number of thiazole rings is 1. The summed E-state index contributed by atoms with van der Waals surface area (Å²) in [6.45, 7) is 1.78. The van der Waals surface area contributed by atoms with Crippen LogP contribution in [0.15, 0.2) is 36.5 Å². The minimum Gasteiger partial charge on any atom is -0.476 e. The molecule has 0 saturated heterocycles. The molecule has 0 aliphatic rings. The number of benzene rings is 1.